The van der Waals surface area contributed by atoms with Crippen molar-refractivity contribution in [2.24, 2.45) is 0 Å². The van der Waals surface area contributed by atoms with E-state index in [1.54, 1.807) is 18.2 Å². The zero-order chi connectivity index (χ0) is 12.3. The van der Waals surface area contributed by atoms with Gasteiger partial charge in [-0.1, -0.05) is 18.2 Å². The standard InChI is InChI=1S/C12H15NO4/c1-16-10-5-3-2-4-9(10)12(11(14)15)8-17-7-6-13-12/h2-5,13H,6-8H2,1H3,(H,14,15). The van der Waals surface area contributed by atoms with Gasteiger partial charge < -0.3 is 14.6 Å². The van der Waals surface area contributed by atoms with Crippen molar-refractivity contribution in [3.05, 3.63) is 29.8 Å². The number of para-hydroxylation sites is 1. The number of rotatable bonds is 3. The molecule has 0 bridgehead atoms. The van der Waals surface area contributed by atoms with Crippen LogP contribution in [0.1, 0.15) is 5.56 Å². The highest BCUT2D eigenvalue weighted by molar-refractivity contribution is 5.82. The topological polar surface area (TPSA) is 67.8 Å². The Balaban J connectivity index is 2.48. The monoisotopic (exact) mass is 237 g/mol. The van der Waals surface area contributed by atoms with E-state index in [-0.39, 0.29) is 6.61 Å². The smallest absolute Gasteiger partial charge is 0.331 e. The number of hydrogen-bond donors (Lipinski definition) is 2. The van der Waals surface area contributed by atoms with Crippen LogP contribution >= 0.6 is 0 Å². The van der Waals surface area contributed by atoms with Crippen LogP contribution in [0.25, 0.3) is 0 Å². The maximum Gasteiger partial charge on any atom is 0.331 e. The molecule has 1 aliphatic rings. The highest BCUT2D eigenvalue weighted by Crippen LogP contribution is 2.31. The molecule has 0 radical (unpaired) electrons. The summed E-state index contributed by atoms with van der Waals surface area (Å²) >= 11 is 0. The lowest BCUT2D eigenvalue weighted by Crippen LogP contribution is -2.57. The predicted octanol–water partition coefficient (Wildman–Crippen LogP) is 0.595. The molecule has 92 valence electrons. The van der Waals surface area contributed by atoms with Gasteiger partial charge in [-0.15, -0.1) is 0 Å². The summed E-state index contributed by atoms with van der Waals surface area (Å²) in [4.78, 5) is 11.5. The molecule has 2 N–H and O–H groups in total. The van der Waals surface area contributed by atoms with E-state index in [9.17, 15) is 9.90 Å². The third-order valence-electron chi connectivity index (χ3n) is 2.92. The maximum atomic E-state index is 11.5. The van der Waals surface area contributed by atoms with Gasteiger partial charge in [0.25, 0.3) is 0 Å². The number of benzene rings is 1. The molecular formula is C12H15NO4. The Morgan fingerprint density at radius 2 is 2.29 bits per heavy atom. The second-order valence-electron chi connectivity index (χ2n) is 3.89. The van der Waals surface area contributed by atoms with Crippen LogP contribution in [0.2, 0.25) is 0 Å². The number of carboxylic acids is 1. The maximum absolute atomic E-state index is 11.5. The predicted molar refractivity (Wildman–Crippen MR) is 61.1 cm³/mol. The first-order chi connectivity index (χ1) is 8.20. The Kier molecular flexibility index (Phi) is 3.31. The number of nitrogens with one attached hydrogen (secondary N) is 1. The van der Waals surface area contributed by atoms with E-state index in [0.717, 1.165) is 0 Å². The quantitative estimate of drug-likeness (QED) is 0.805. The molecule has 1 atom stereocenters. The minimum absolute atomic E-state index is 0.0999. The van der Waals surface area contributed by atoms with E-state index in [0.29, 0.717) is 24.5 Å². The van der Waals surface area contributed by atoms with E-state index in [1.165, 1.54) is 7.11 Å². The van der Waals surface area contributed by atoms with Gasteiger partial charge >= 0.3 is 5.97 Å². The molecule has 5 heteroatoms. The molecule has 17 heavy (non-hydrogen) atoms. The van der Waals surface area contributed by atoms with Gasteiger partial charge in [0, 0.05) is 12.1 Å². The lowest BCUT2D eigenvalue weighted by Gasteiger charge is -2.35. The molecule has 1 aromatic rings. The Hall–Kier alpha value is -1.59. The van der Waals surface area contributed by atoms with Crippen LogP contribution in [0.3, 0.4) is 0 Å². The van der Waals surface area contributed by atoms with Crippen LogP contribution in [-0.2, 0) is 15.1 Å². The lowest BCUT2D eigenvalue weighted by molar-refractivity contribution is -0.151. The molecule has 1 aliphatic heterocycles. The van der Waals surface area contributed by atoms with Crippen LogP contribution in [0.4, 0.5) is 0 Å². The zero-order valence-electron chi connectivity index (χ0n) is 9.60. The Labute approximate surface area is 99.3 Å². The third kappa shape index (κ3) is 1.99. The van der Waals surface area contributed by atoms with Gasteiger partial charge in [-0.05, 0) is 6.07 Å². The summed E-state index contributed by atoms with van der Waals surface area (Å²) < 4.78 is 10.5. The van der Waals surface area contributed by atoms with Crippen LogP contribution in [0.15, 0.2) is 24.3 Å². The molecule has 0 saturated carbocycles. The van der Waals surface area contributed by atoms with Crippen molar-refractivity contribution in [1.29, 1.82) is 0 Å². The Morgan fingerprint density at radius 1 is 1.53 bits per heavy atom. The number of morpholine rings is 1. The molecule has 0 spiro atoms. The van der Waals surface area contributed by atoms with Crippen molar-refractivity contribution in [1.82, 2.24) is 5.32 Å². The van der Waals surface area contributed by atoms with Gasteiger partial charge in [-0.25, -0.2) is 4.79 Å². The van der Waals surface area contributed by atoms with Crippen LogP contribution < -0.4 is 10.1 Å². The normalized spacial score (nSPS) is 24.3. The van der Waals surface area contributed by atoms with Gasteiger partial charge in [-0.2, -0.15) is 0 Å². The van der Waals surface area contributed by atoms with Crippen LogP contribution in [0, 0.1) is 0 Å². The number of ether oxygens (including phenoxy) is 2. The van der Waals surface area contributed by atoms with E-state index < -0.39 is 11.5 Å². The fourth-order valence-corrected chi connectivity index (χ4v) is 2.04. The van der Waals surface area contributed by atoms with Crippen molar-refractivity contribution in [2.45, 2.75) is 5.54 Å². The molecule has 1 heterocycles. The molecular weight excluding hydrogens is 222 g/mol. The summed E-state index contributed by atoms with van der Waals surface area (Å²) in [7, 11) is 1.53. The Morgan fingerprint density at radius 3 is 2.88 bits per heavy atom. The fourth-order valence-electron chi connectivity index (χ4n) is 2.04. The van der Waals surface area contributed by atoms with Gasteiger partial charge in [-0.3, -0.25) is 5.32 Å². The van der Waals surface area contributed by atoms with Crippen LogP contribution in [0.5, 0.6) is 5.75 Å². The zero-order valence-corrected chi connectivity index (χ0v) is 9.60. The summed E-state index contributed by atoms with van der Waals surface area (Å²) in [5.41, 5.74) is -0.625. The summed E-state index contributed by atoms with van der Waals surface area (Å²) in [5.74, 6) is -0.408. The van der Waals surface area contributed by atoms with Gasteiger partial charge in [0.05, 0.1) is 20.3 Å². The van der Waals surface area contributed by atoms with Crippen LogP contribution in [-0.4, -0.2) is 37.9 Å². The van der Waals surface area contributed by atoms with Gasteiger partial charge in [0.1, 0.15) is 5.75 Å². The SMILES string of the molecule is COc1ccccc1C1(C(=O)O)COCCN1. The largest absolute Gasteiger partial charge is 0.496 e. The average molecular weight is 237 g/mol. The first kappa shape index (κ1) is 11.9. The summed E-state index contributed by atoms with van der Waals surface area (Å²) in [6.45, 7) is 1.12. The van der Waals surface area contributed by atoms with Crippen molar-refractivity contribution >= 4 is 5.97 Å². The minimum Gasteiger partial charge on any atom is -0.496 e. The first-order valence-corrected chi connectivity index (χ1v) is 5.40. The number of carboxylic acid groups (broad SMARTS) is 1. The highest BCUT2D eigenvalue weighted by Gasteiger charge is 2.44. The number of methoxy groups -OCH3 is 1. The Bertz CT molecular complexity index is 413. The summed E-state index contributed by atoms with van der Waals surface area (Å²) in [6, 6.07) is 7.09. The second-order valence-corrected chi connectivity index (χ2v) is 3.89. The van der Waals surface area contributed by atoms with Crippen molar-refractivity contribution in [3.63, 3.8) is 0 Å². The molecule has 0 aromatic heterocycles. The molecule has 1 saturated heterocycles. The molecule has 1 aromatic carbocycles. The third-order valence-corrected chi connectivity index (χ3v) is 2.92. The van der Waals surface area contributed by atoms with Crippen molar-refractivity contribution in [3.8, 4) is 5.75 Å². The highest BCUT2D eigenvalue weighted by atomic mass is 16.5. The van der Waals surface area contributed by atoms with E-state index in [2.05, 4.69) is 5.32 Å². The summed E-state index contributed by atoms with van der Waals surface area (Å²) in [6.07, 6.45) is 0. The summed E-state index contributed by atoms with van der Waals surface area (Å²) in [5, 5.41) is 12.5. The van der Waals surface area contributed by atoms with E-state index in [1.807, 2.05) is 6.07 Å². The van der Waals surface area contributed by atoms with E-state index >= 15 is 0 Å². The minimum atomic E-state index is -1.22. The second kappa shape index (κ2) is 4.73. The lowest BCUT2D eigenvalue weighted by atomic mass is 9.89. The number of carbonyl (C=O) groups is 1. The molecule has 0 aliphatic carbocycles. The average Bonchev–Trinajstić information content (AvgIpc) is 2.39. The fraction of sp³-hybridized carbons (Fsp3) is 0.417. The van der Waals surface area contributed by atoms with Crippen molar-refractivity contribution < 1.29 is 19.4 Å². The van der Waals surface area contributed by atoms with E-state index in [4.69, 9.17) is 9.47 Å². The first-order valence-electron chi connectivity index (χ1n) is 5.40. The van der Waals surface area contributed by atoms with Gasteiger partial charge in [0.15, 0.2) is 5.54 Å². The number of aliphatic carboxylic acids is 1. The van der Waals surface area contributed by atoms with Gasteiger partial charge in [0.2, 0.25) is 0 Å². The van der Waals surface area contributed by atoms with Crippen molar-refractivity contribution in [2.75, 3.05) is 26.9 Å². The molecule has 2 rings (SSSR count). The molecule has 1 fully saturated rings. The number of hydrogen-bond acceptors (Lipinski definition) is 4. The molecule has 1 unspecified atom stereocenters. The molecule has 0 amide bonds. The molecule has 5 nitrogen and oxygen atoms in total.